The summed E-state index contributed by atoms with van der Waals surface area (Å²) in [7, 11) is -3.75. The molecule has 10 heteroatoms. The van der Waals surface area contributed by atoms with Gasteiger partial charge in [0.1, 0.15) is 0 Å². The summed E-state index contributed by atoms with van der Waals surface area (Å²) in [5.41, 5.74) is 0.0926. The molecule has 6 nitrogen and oxygen atoms in total. The van der Waals surface area contributed by atoms with E-state index in [0.29, 0.717) is 11.1 Å². The highest BCUT2D eigenvalue weighted by Gasteiger charge is 2.30. The highest BCUT2D eigenvalue weighted by molar-refractivity contribution is 7.89. The number of hydrogen-bond donors (Lipinski definition) is 0. The number of ketones is 1. The molecule has 3 rings (SSSR count). The fraction of sp³-hybridized carbons (Fsp3) is 0.273. The summed E-state index contributed by atoms with van der Waals surface area (Å²) in [6.07, 6.45) is -1.75. The van der Waals surface area contributed by atoms with E-state index in [2.05, 4.69) is 0 Å². The number of rotatable bonds is 5. The van der Waals surface area contributed by atoms with Gasteiger partial charge < -0.3 is 4.90 Å². The number of alkyl halides is 3. The van der Waals surface area contributed by atoms with Gasteiger partial charge in [-0.3, -0.25) is 9.59 Å². The van der Waals surface area contributed by atoms with Crippen molar-refractivity contribution in [3.8, 4) is 0 Å². The van der Waals surface area contributed by atoms with Gasteiger partial charge in [0.25, 0.3) is 0 Å². The van der Waals surface area contributed by atoms with Crippen LogP contribution in [0.1, 0.15) is 28.4 Å². The minimum atomic E-state index is -4.42. The van der Waals surface area contributed by atoms with E-state index >= 15 is 0 Å². The van der Waals surface area contributed by atoms with E-state index in [-0.39, 0.29) is 42.8 Å². The predicted octanol–water partition coefficient (Wildman–Crippen LogP) is 3.45. The highest BCUT2D eigenvalue weighted by Crippen LogP contribution is 2.29. The Morgan fingerprint density at radius 2 is 1.47 bits per heavy atom. The van der Waals surface area contributed by atoms with E-state index in [1.807, 2.05) is 0 Å². The Morgan fingerprint density at radius 1 is 0.906 bits per heavy atom. The largest absolute Gasteiger partial charge is 0.416 e. The lowest BCUT2D eigenvalue weighted by atomic mass is 10.1. The quantitative estimate of drug-likeness (QED) is 0.500. The number of carbonyl (C=O) groups excluding carboxylic acids is 2. The molecule has 1 saturated heterocycles. The maximum atomic E-state index is 12.8. The summed E-state index contributed by atoms with van der Waals surface area (Å²) in [5, 5.41) is 0. The Hall–Kier alpha value is -2.98. The van der Waals surface area contributed by atoms with Crippen LogP contribution in [0.4, 0.5) is 13.2 Å². The van der Waals surface area contributed by atoms with Crippen LogP contribution >= 0.6 is 0 Å². The SMILES string of the molecule is CC(=O)c1ccc(S(=O)(=O)N2CCN(C(=O)/C=C\c3ccc(C(F)(F)F)cc3)CC2)cc1. The zero-order valence-electron chi connectivity index (χ0n) is 17.2. The van der Waals surface area contributed by atoms with E-state index in [1.165, 1.54) is 64.7 Å². The number of benzene rings is 2. The number of sulfonamides is 1. The van der Waals surface area contributed by atoms with Crippen molar-refractivity contribution in [2.45, 2.75) is 18.0 Å². The molecule has 1 heterocycles. The lowest BCUT2D eigenvalue weighted by Crippen LogP contribution is -2.50. The van der Waals surface area contributed by atoms with Crippen LogP contribution in [0, 0.1) is 0 Å². The maximum Gasteiger partial charge on any atom is 0.416 e. The number of halogens is 3. The van der Waals surface area contributed by atoms with Crippen LogP contribution in [0.25, 0.3) is 6.08 Å². The average molecular weight is 466 g/mol. The number of amides is 1. The van der Waals surface area contributed by atoms with E-state index in [4.69, 9.17) is 0 Å². The Kier molecular flexibility index (Phi) is 6.85. The third-order valence-electron chi connectivity index (χ3n) is 5.11. The molecule has 170 valence electrons. The molecule has 0 saturated carbocycles. The Bertz CT molecular complexity index is 1120. The summed E-state index contributed by atoms with van der Waals surface area (Å²) in [5.74, 6) is -0.516. The second kappa shape index (κ2) is 9.25. The lowest BCUT2D eigenvalue weighted by molar-refractivity contribution is -0.137. The summed E-state index contributed by atoms with van der Waals surface area (Å²) in [4.78, 5) is 25.3. The van der Waals surface area contributed by atoms with Crippen molar-refractivity contribution in [3.63, 3.8) is 0 Å². The molecule has 32 heavy (non-hydrogen) atoms. The lowest BCUT2D eigenvalue weighted by Gasteiger charge is -2.33. The second-order valence-corrected chi connectivity index (χ2v) is 9.20. The topological polar surface area (TPSA) is 74.8 Å². The van der Waals surface area contributed by atoms with Gasteiger partial charge in [0, 0.05) is 37.8 Å². The molecule has 1 fully saturated rings. The molecule has 1 aliphatic heterocycles. The van der Waals surface area contributed by atoms with Crippen molar-refractivity contribution in [1.29, 1.82) is 0 Å². The Balaban J connectivity index is 1.59. The summed E-state index contributed by atoms with van der Waals surface area (Å²) in [6, 6.07) is 10.1. The molecule has 0 bridgehead atoms. The van der Waals surface area contributed by atoms with E-state index < -0.39 is 21.8 Å². The van der Waals surface area contributed by atoms with Crippen LogP contribution in [0.3, 0.4) is 0 Å². The summed E-state index contributed by atoms with van der Waals surface area (Å²) in [6.45, 7) is 1.97. The normalized spacial score (nSPS) is 15.8. The summed E-state index contributed by atoms with van der Waals surface area (Å²) >= 11 is 0. The molecular weight excluding hydrogens is 445 g/mol. The minimum Gasteiger partial charge on any atom is -0.337 e. The van der Waals surface area contributed by atoms with Crippen molar-refractivity contribution in [2.75, 3.05) is 26.2 Å². The van der Waals surface area contributed by atoms with Crippen LogP contribution in [0.2, 0.25) is 0 Å². The van der Waals surface area contributed by atoms with E-state index in [0.717, 1.165) is 12.1 Å². The van der Waals surface area contributed by atoms with Gasteiger partial charge in [-0.2, -0.15) is 17.5 Å². The number of hydrogen-bond acceptors (Lipinski definition) is 4. The first kappa shape index (κ1) is 23.7. The van der Waals surface area contributed by atoms with Gasteiger partial charge in [-0.1, -0.05) is 24.3 Å². The molecular formula is C22H21F3N2O4S. The molecule has 2 aromatic carbocycles. The van der Waals surface area contributed by atoms with Gasteiger partial charge in [0.15, 0.2) is 5.78 Å². The summed E-state index contributed by atoms with van der Waals surface area (Å²) < 4.78 is 64.7. The standard InChI is InChI=1S/C22H21F3N2O4S/c1-16(28)18-5-9-20(10-6-18)32(30,31)27-14-12-26(13-15-27)21(29)11-4-17-2-7-19(8-3-17)22(23,24)25/h2-11H,12-15H2,1H3/b11-4-. The van der Waals surface area contributed by atoms with Crippen molar-refractivity contribution < 1.29 is 31.2 Å². The van der Waals surface area contributed by atoms with E-state index in [1.54, 1.807) is 0 Å². The first-order valence-corrected chi connectivity index (χ1v) is 11.2. The number of nitrogens with zero attached hydrogens (tertiary/aromatic N) is 2. The van der Waals surface area contributed by atoms with Gasteiger partial charge in [0.05, 0.1) is 10.5 Å². The van der Waals surface area contributed by atoms with Gasteiger partial charge in [-0.15, -0.1) is 0 Å². The van der Waals surface area contributed by atoms with Gasteiger partial charge in [-0.05, 0) is 42.8 Å². The average Bonchev–Trinajstić information content (AvgIpc) is 2.77. The van der Waals surface area contributed by atoms with Gasteiger partial charge in [-0.25, -0.2) is 8.42 Å². The van der Waals surface area contributed by atoms with Crippen LogP contribution in [0.15, 0.2) is 59.5 Å². The fourth-order valence-corrected chi connectivity index (χ4v) is 4.64. The first-order valence-electron chi connectivity index (χ1n) is 9.74. The minimum absolute atomic E-state index is 0.0736. The van der Waals surface area contributed by atoms with Crippen molar-refractivity contribution in [1.82, 2.24) is 9.21 Å². The maximum absolute atomic E-state index is 12.8. The van der Waals surface area contributed by atoms with Crippen molar-refractivity contribution in [2.24, 2.45) is 0 Å². The number of piperazine rings is 1. The van der Waals surface area contributed by atoms with Gasteiger partial charge in [0.2, 0.25) is 15.9 Å². The molecule has 0 radical (unpaired) electrons. The zero-order chi connectivity index (χ0) is 23.5. The molecule has 0 aliphatic carbocycles. The monoisotopic (exact) mass is 466 g/mol. The van der Waals surface area contributed by atoms with Crippen molar-refractivity contribution >= 4 is 27.8 Å². The Morgan fingerprint density at radius 3 is 1.97 bits per heavy atom. The number of Topliss-reactive ketones (excluding diaryl/α,β-unsaturated/α-hetero) is 1. The predicted molar refractivity (Wildman–Crippen MR) is 112 cm³/mol. The molecule has 1 aliphatic rings. The Labute approximate surface area is 184 Å². The van der Waals surface area contributed by atoms with Crippen LogP contribution < -0.4 is 0 Å². The zero-order valence-corrected chi connectivity index (χ0v) is 18.0. The van der Waals surface area contributed by atoms with Crippen LogP contribution in [-0.2, 0) is 21.0 Å². The molecule has 1 amide bonds. The van der Waals surface area contributed by atoms with Crippen molar-refractivity contribution in [3.05, 3.63) is 71.3 Å². The molecule has 0 N–H and O–H groups in total. The van der Waals surface area contributed by atoms with Crippen LogP contribution in [-0.4, -0.2) is 55.5 Å². The molecule has 0 unspecified atom stereocenters. The fourth-order valence-electron chi connectivity index (χ4n) is 3.22. The number of carbonyl (C=O) groups is 2. The molecule has 0 atom stereocenters. The molecule has 0 aromatic heterocycles. The smallest absolute Gasteiger partial charge is 0.337 e. The third kappa shape index (κ3) is 5.43. The second-order valence-electron chi connectivity index (χ2n) is 7.26. The first-order chi connectivity index (χ1) is 15.0. The third-order valence-corrected chi connectivity index (χ3v) is 7.02. The van der Waals surface area contributed by atoms with E-state index in [9.17, 15) is 31.2 Å². The van der Waals surface area contributed by atoms with Crippen LogP contribution in [0.5, 0.6) is 0 Å². The van der Waals surface area contributed by atoms with Gasteiger partial charge >= 0.3 is 6.18 Å². The molecule has 2 aromatic rings. The highest BCUT2D eigenvalue weighted by atomic mass is 32.2. The molecule has 0 spiro atoms.